The van der Waals surface area contributed by atoms with Gasteiger partial charge in [0.05, 0.1) is 0 Å². The fourth-order valence-electron chi connectivity index (χ4n) is 1.61. The molecule has 80 valence electrons. The Balaban J connectivity index is 2.26. The molecule has 1 rings (SSSR count). The van der Waals surface area contributed by atoms with Gasteiger partial charge in [0.25, 0.3) is 0 Å². The number of aliphatic hydroxyl groups is 1. The minimum absolute atomic E-state index is 0.0368. The van der Waals surface area contributed by atoms with Gasteiger partial charge >= 0.3 is 0 Å². The Kier molecular flexibility index (Phi) is 4.59. The Morgan fingerprint density at radius 2 is 1.71 bits per heavy atom. The molecule has 0 aliphatic carbocycles. The van der Waals surface area contributed by atoms with Gasteiger partial charge in [-0.3, -0.25) is 14.5 Å². The Labute approximate surface area is 83.9 Å². The smallest absolute Gasteiger partial charge is 0.229 e. The predicted molar refractivity (Wildman–Crippen MR) is 51.5 cm³/mol. The maximum atomic E-state index is 11.3. The van der Waals surface area contributed by atoms with E-state index in [0.29, 0.717) is 25.8 Å². The number of nitrogens with zero attached hydrogens (tertiary/aromatic N) is 1. The summed E-state index contributed by atoms with van der Waals surface area (Å²) in [5, 5.41) is 8.56. The van der Waals surface area contributed by atoms with E-state index in [0.717, 1.165) is 19.3 Å². The molecule has 1 fully saturated rings. The van der Waals surface area contributed by atoms with Gasteiger partial charge in [0.2, 0.25) is 11.8 Å². The van der Waals surface area contributed by atoms with Crippen molar-refractivity contribution in [3.05, 3.63) is 0 Å². The molecule has 4 nitrogen and oxygen atoms in total. The molecule has 1 saturated heterocycles. The number of hydrogen-bond acceptors (Lipinski definition) is 3. The van der Waals surface area contributed by atoms with E-state index in [2.05, 4.69) is 0 Å². The normalized spacial score (nSPS) is 17.6. The van der Waals surface area contributed by atoms with Crippen molar-refractivity contribution < 1.29 is 14.7 Å². The van der Waals surface area contributed by atoms with Crippen LogP contribution in [0.4, 0.5) is 0 Å². The molecule has 1 N–H and O–H groups in total. The highest BCUT2D eigenvalue weighted by molar-refractivity contribution is 5.97. The zero-order chi connectivity index (χ0) is 10.4. The minimum Gasteiger partial charge on any atom is -0.396 e. The van der Waals surface area contributed by atoms with Gasteiger partial charge < -0.3 is 5.11 Å². The van der Waals surface area contributed by atoms with Crippen LogP contribution in [0, 0.1) is 0 Å². The lowest BCUT2D eigenvalue weighted by atomic mass is 10.1. The van der Waals surface area contributed by atoms with Crippen LogP contribution in [-0.2, 0) is 9.59 Å². The molecular weight excluding hydrogens is 182 g/mol. The number of imide groups is 1. The van der Waals surface area contributed by atoms with Crippen LogP contribution < -0.4 is 0 Å². The van der Waals surface area contributed by atoms with Crippen molar-refractivity contribution in [2.75, 3.05) is 13.2 Å². The van der Waals surface area contributed by atoms with E-state index < -0.39 is 0 Å². The summed E-state index contributed by atoms with van der Waals surface area (Å²) in [4.78, 5) is 24.0. The first-order valence-corrected chi connectivity index (χ1v) is 5.20. The molecule has 0 aromatic carbocycles. The molecule has 0 bridgehead atoms. The van der Waals surface area contributed by atoms with Crippen molar-refractivity contribution in [2.45, 2.75) is 38.5 Å². The van der Waals surface area contributed by atoms with E-state index in [1.54, 1.807) is 0 Å². The number of carbonyl (C=O) groups excluding carboxylic acids is 2. The number of hydrogen-bond donors (Lipinski definition) is 1. The van der Waals surface area contributed by atoms with Gasteiger partial charge in [0.15, 0.2) is 0 Å². The summed E-state index contributed by atoms with van der Waals surface area (Å²) in [6, 6.07) is 0. The van der Waals surface area contributed by atoms with Crippen molar-refractivity contribution in [1.29, 1.82) is 0 Å². The topological polar surface area (TPSA) is 57.6 Å². The number of unbranched alkanes of at least 4 members (excludes halogenated alkanes) is 2. The average molecular weight is 199 g/mol. The third-order valence-electron chi connectivity index (χ3n) is 2.42. The van der Waals surface area contributed by atoms with Crippen LogP contribution >= 0.6 is 0 Å². The highest BCUT2D eigenvalue weighted by Gasteiger charge is 2.24. The Hall–Kier alpha value is -0.900. The van der Waals surface area contributed by atoms with E-state index >= 15 is 0 Å². The number of piperidine rings is 1. The van der Waals surface area contributed by atoms with Crippen LogP contribution in [0.15, 0.2) is 0 Å². The number of carbonyl (C=O) groups is 2. The molecule has 0 spiro atoms. The van der Waals surface area contributed by atoms with Crippen LogP contribution in [0.5, 0.6) is 0 Å². The fraction of sp³-hybridized carbons (Fsp3) is 0.800. The highest BCUT2D eigenvalue weighted by atomic mass is 16.3. The van der Waals surface area contributed by atoms with E-state index in [9.17, 15) is 9.59 Å². The number of likely N-dealkylation sites (tertiary alicyclic amines) is 1. The second kappa shape index (κ2) is 5.75. The van der Waals surface area contributed by atoms with E-state index in [-0.39, 0.29) is 18.4 Å². The zero-order valence-electron chi connectivity index (χ0n) is 8.37. The van der Waals surface area contributed by atoms with Crippen LogP contribution in [0.2, 0.25) is 0 Å². The SMILES string of the molecule is O=C1CCCC(=O)N1CCCCCO. The van der Waals surface area contributed by atoms with Crippen LogP contribution in [0.1, 0.15) is 38.5 Å². The van der Waals surface area contributed by atoms with Gasteiger partial charge in [-0.1, -0.05) is 0 Å². The van der Waals surface area contributed by atoms with Gasteiger partial charge in [-0.05, 0) is 25.7 Å². The molecular formula is C10H17NO3. The molecule has 0 unspecified atom stereocenters. The number of amides is 2. The van der Waals surface area contributed by atoms with Gasteiger partial charge in [0.1, 0.15) is 0 Å². The molecule has 4 heteroatoms. The molecule has 1 aliphatic rings. The van der Waals surface area contributed by atoms with Crippen molar-refractivity contribution >= 4 is 11.8 Å². The largest absolute Gasteiger partial charge is 0.396 e. The highest BCUT2D eigenvalue weighted by Crippen LogP contribution is 2.13. The van der Waals surface area contributed by atoms with Crippen molar-refractivity contribution in [3.63, 3.8) is 0 Å². The fourth-order valence-corrected chi connectivity index (χ4v) is 1.61. The third kappa shape index (κ3) is 3.10. The molecule has 14 heavy (non-hydrogen) atoms. The summed E-state index contributed by atoms with van der Waals surface area (Å²) in [5.74, 6) is -0.0736. The van der Waals surface area contributed by atoms with Gasteiger partial charge in [-0.25, -0.2) is 0 Å². The van der Waals surface area contributed by atoms with Crippen molar-refractivity contribution in [1.82, 2.24) is 4.90 Å². The standard InChI is InChI=1S/C10H17NO3/c12-8-3-1-2-7-11-9(13)5-4-6-10(11)14/h12H,1-8H2. The zero-order valence-corrected chi connectivity index (χ0v) is 8.37. The summed E-state index contributed by atoms with van der Waals surface area (Å²) >= 11 is 0. The maximum absolute atomic E-state index is 11.3. The second-order valence-electron chi connectivity index (χ2n) is 3.58. The second-order valence-corrected chi connectivity index (χ2v) is 3.58. The molecule has 0 aromatic rings. The summed E-state index contributed by atoms with van der Waals surface area (Å²) in [6.07, 6.45) is 4.13. The maximum Gasteiger partial charge on any atom is 0.229 e. The van der Waals surface area contributed by atoms with E-state index in [1.807, 2.05) is 0 Å². The molecule has 0 radical (unpaired) electrons. The van der Waals surface area contributed by atoms with Crippen LogP contribution in [0.25, 0.3) is 0 Å². The van der Waals surface area contributed by atoms with Gasteiger partial charge in [-0.15, -0.1) is 0 Å². The summed E-state index contributed by atoms with van der Waals surface area (Å²) < 4.78 is 0. The average Bonchev–Trinajstić information content (AvgIpc) is 2.16. The molecule has 0 aromatic heterocycles. The predicted octanol–water partition coefficient (Wildman–Crippen LogP) is 0.688. The summed E-state index contributed by atoms with van der Waals surface area (Å²) in [7, 11) is 0. The van der Waals surface area contributed by atoms with Crippen LogP contribution in [-0.4, -0.2) is 35.0 Å². The lowest BCUT2D eigenvalue weighted by Crippen LogP contribution is -2.40. The minimum atomic E-state index is -0.0368. The molecule has 1 aliphatic heterocycles. The van der Waals surface area contributed by atoms with Crippen LogP contribution in [0.3, 0.4) is 0 Å². The number of aliphatic hydroxyl groups excluding tert-OH is 1. The van der Waals surface area contributed by atoms with Crippen molar-refractivity contribution in [2.24, 2.45) is 0 Å². The van der Waals surface area contributed by atoms with E-state index in [4.69, 9.17) is 5.11 Å². The molecule has 1 heterocycles. The first-order valence-electron chi connectivity index (χ1n) is 5.20. The van der Waals surface area contributed by atoms with Crippen molar-refractivity contribution in [3.8, 4) is 0 Å². The Morgan fingerprint density at radius 1 is 1.07 bits per heavy atom. The quantitative estimate of drug-likeness (QED) is 0.523. The Bertz CT molecular complexity index is 199. The number of rotatable bonds is 5. The molecule has 2 amide bonds. The lowest BCUT2D eigenvalue weighted by Gasteiger charge is -2.24. The first kappa shape index (κ1) is 11.2. The molecule has 0 atom stereocenters. The Morgan fingerprint density at radius 3 is 2.29 bits per heavy atom. The lowest BCUT2D eigenvalue weighted by molar-refractivity contribution is -0.147. The molecule has 0 saturated carbocycles. The summed E-state index contributed by atoms with van der Waals surface area (Å²) in [5.41, 5.74) is 0. The first-order chi connectivity index (χ1) is 6.75. The van der Waals surface area contributed by atoms with E-state index in [1.165, 1.54) is 4.90 Å². The summed E-state index contributed by atoms with van der Waals surface area (Å²) in [6.45, 7) is 0.708. The van der Waals surface area contributed by atoms with Gasteiger partial charge in [-0.2, -0.15) is 0 Å². The third-order valence-corrected chi connectivity index (χ3v) is 2.42. The van der Waals surface area contributed by atoms with Gasteiger partial charge in [0, 0.05) is 26.0 Å². The monoisotopic (exact) mass is 199 g/mol.